The van der Waals surface area contributed by atoms with E-state index in [1.807, 2.05) is 0 Å². The summed E-state index contributed by atoms with van der Waals surface area (Å²) in [6.45, 7) is 3.26. The highest BCUT2D eigenvalue weighted by Gasteiger charge is 1.96. The van der Waals surface area contributed by atoms with Gasteiger partial charge in [-0.05, 0) is 26.0 Å². The molecule has 0 unspecified atom stereocenters. The molecule has 0 aliphatic heterocycles. The normalized spacial score (nSPS) is 10.0. The van der Waals surface area contributed by atoms with E-state index in [2.05, 4.69) is 0 Å². The Kier molecular flexibility index (Phi) is 6.28. The number of aromatic carboxylic acids is 1. The van der Waals surface area contributed by atoms with Crippen LogP contribution < -0.4 is 0 Å². The molecule has 4 heteroatoms. The summed E-state index contributed by atoms with van der Waals surface area (Å²) in [7, 11) is 0. The van der Waals surface area contributed by atoms with Crippen LogP contribution in [0.3, 0.4) is 0 Å². The Bertz CT molecular complexity index is 379. The summed E-state index contributed by atoms with van der Waals surface area (Å²) < 4.78 is 0. The van der Waals surface area contributed by atoms with Crippen LogP contribution in [0.5, 0.6) is 0 Å². The molecule has 0 atom stereocenters. The second-order valence-electron chi connectivity index (χ2n) is 2.95. The van der Waals surface area contributed by atoms with Gasteiger partial charge in [0.05, 0.1) is 5.56 Å². The van der Waals surface area contributed by atoms with E-state index >= 15 is 0 Å². The van der Waals surface area contributed by atoms with Crippen molar-refractivity contribution in [3.63, 3.8) is 0 Å². The summed E-state index contributed by atoms with van der Waals surface area (Å²) in [5, 5.41) is 16.5. The van der Waals surface area contributed by atoms with Crippen LogP contribution in [-0.2, 0) is 4.79 Å². The third-order valence-corrected chi connectivity index (χ3v) is 1.79. The van der Waals surface area contributed by atoms with Gasteiger partial charge >= 0.3 is 11.9 Å². The summed E-state index contributed by atoms with van der Waals surface area (Å²) in [5.74, 6) is -1.72. The predicted molar refractivity (Wildman–Crippen MR) is 60.5 cm³/mol. The predicted octanol–water partition coefficient (Wildman–Crippen LogP) is 2.42. The number of carbonyl (C=O) groups is 2. The number of benzene rings is 1. The van der Waals surface area contributed by atoms with Gasteiger partial charge in [0.2, 0.25) is 0 Å². The van der Waals surface area contributed by atoms with E-state index < -0.39 is 11.9 Å². The molecule has 0 amide bonds. The number of carboxylic acids is 2. The quantitative estimate of drug-likeness (QED) is 0.753. The van der Waals surface area contributed by atoms with E-state index in [0.29, 0.717) is 11.1 Å². The van der Waals surface area contributed by atoms with Crippen molar-refractivity contribution in [3.05, 3.63) is 47.5 Å². The van der Waals surface area contributed by atoms with Crippen molar-refractivity contribution >= 4 is 11.9 Å². The zero-order chi connectivity index (χ0) is 12.6. The van der Waals surface area contributed by atoms with E-state index in [0.717, 1.165) is 0 Å². The van der Waals surface area contributed by atoms with Gasteiger partial charge in [-0.3, -0.25) is 0 Å². The van der Waals surface area contributed by atoms with Crippen LogP contribution in [0.1, 0.15) is 24.2 Å². The number of aliphatic carboxylic acids is 1. The number of rotatable bonds is 2. The molecule has 0 aromatic heterocycles. The highest BCUT2D eigenvalue weighted by Crippen LogP contribution is 1.96. The second-order valence-corrected chi connectivity index (χ2v) is 2.95. The van der Waals surface area contributed by atoms with Gasteiger partial charge < -0.3 is 10.2 Å². The van der Waals surface area contributed by atoms with Gasteiger partial charge in [0.15, 0.2) is 0 Å². The first-order valence-corrected chi connectivity index (χ1v) is 4.63. The van der Waals surface area contributed by atoms with Crippen LogP contribution in [0.4, 0.5) is 0 Å². The van der Waals surface area contributed by atoms with Crippen LogP contribution in [0.2, 0.25) is 0 Å². The molecule has 0 heterocycles. The molecule has 1 aromatic rings. The highest BCUT2D eigenvalue weighted by atomic mass is 16.4. The average Bonchev–Trinajstić information content (AvgIpc) is 2.29. The number of allylic oxidation sites excluding steroid dienone is 1. The van der Waals surface area contributed by atoms with Gasteiger partial charge in [-0.2, -0.15) is 0 Å². The maximum Gasteiger partial charge on any atom is 0.335 e. The minimum absolute atomic E-state index is 0.331. The lowest BCUT2D eigenvalue weighted by Crippen LogP contribution is -1.93. The third-order valence-electron chi connectivity index (χ3n) is 1.79. The first-order valence-electron chi connectivity index (χ1n) is 4.63. The van der Waals surface area contributed by atoms with Crippen molar-refractivity contribution < 1.29 is 19.8 Å². The summed E-state index contributed by atoms with van der Waals surface area (Å²) in [4.78, 5) is 20.1. The average molecular weight is 222 g/mol. The Balaban J connectivity index is 0.000000293. The molecule has 16 heavy (non-hydrogen) atoms. The smallest absolute Gasteiger partial charge is 0.335 e. The lowest BCUT2D eigenvalue weighted by Gasteiger charge is -1.88. The topological polar surface area (TPSA) is 74.6 Å². The molecule has 0 fully saturated rings. The van der Waals surface area contributed by atoms with Crippen LogP contribution in [0.15, 0.2) is 42.0 Å². The molecule has 0 radical (unpaired) electrons. The Labute approximate surface area is 93.8 Å². The molecule has 0 saturated heterocycles. The van der Waals surface area contributed by atoms with Crippen LogP contribution in [0.25, 0.3) is 0 Å². The molecule has 0 bridgehead atoms. The van der Waals surface area contributed by atoms with Crippen molar-refractivity contribution in [2.45, 2.75) is 13.8 Å². The van der Waals surface area contributed by atoms with Gasteiger partial charge in [-0.15, -0.1) is 0 Å². The molecule has 0 saturated carbocycles. The Hall–Kier alpha value is -2.10. The molecule has 0 aliphatic rings. The molecular formula is C12H14O4. The Morgan fingerprint density at radius 2 is 1.62 bits per heavy atom. The van der Waals surface area contributed by atoms with Crippen molar-refractivity contribution in [1.82, 2.24) is 0 Å². The summed E-state index contributed by atoms with van der Waals surface area (Å²) >= 11 is 0. The van der Waals surface area contributed by atoms with E-state index in [1.54, 1.807) is 50.3 Å². The summed E-state index contributed by atoms with van der Waals surface area (Å²) in [6.07, 6.45) is 1.56. The SMILES string of the molecule is C/C=C(/C)C(=O)O.O=C(O)c1ccccc1. The Morgan fingerprint density at radius 3 is 1.81 bits per heavy atom. The standard InChI is InChI=1S/C7H6O2.C5H8O2/c8-7(9)6-4-2-1-3-5-6;1-3-4(2)5(6)7/h1-5H,(H,8,9);3H,1-2H3,(H,6,7)/b;4-3-. The van der Waals surface area contributed by atoms with Crippen molar-refractivity contribution in [3.8, 4) is 0 Å². The van der Waals surface area contributed by atoms with Gasteiger partial charge in [-0.25, -0.2) is 9.59 Å². The first-order chi connectivity index (χ1) is 7.49. The number of hydrogen-bond acceptors (Lipinski definition) is 2. The molecule has 86 valence electrons. The molecule has 1 aromatic carbocycles. The summed E-state index contributed by atoms with van der Waals surface area (Å²) in [6, 6.07) is 8.30. The van der Waals surface area contributed by atoms with Crippen molar-refractivity contribution in [1.29, 1.82) is 0 Å². The molecular weight excluding hydrogens is 208 g/mol. The van der Waals surface area contributed by atoms with Crippen molar-refractivity contribution in [2.24, 2.45) is 0 Å². The molecule has 4 nitrogen and oxygen atoms in total. The lowest BCUT2D eigenvalue weighted by atomic mass is 10.2. The minimum atomic E-state index is -0.879. The van der Waals surface area contributed by atoms with E-state index in [4.69, 9.17) is 10.2 Å². The zero-order valence-electron chi connectivity index (χ0n) is 9.18. The van der Waals surface area contributed by atoms with E-state index in [1.165, 1.54) is 0 Å². The molecule has 0 spiro atoms. The van der Waals surface area contributed by atoms with Crippen LogP contribution in [0, 0.1) is 0 Å². The number of carboxylic acid groups (broad SMARTS) is 2. The first kappa shape index (κ1) is 13.9. The summed E-state index contributed by atoms with van der Waals surface area (Å²) in [5.41, 5.74) is 0.720. The molecule has 2 N–H and O–H groups in total. The van der Waals surface area contributed by atoms with Crippen LogP contribution in [-0.4, -0.2) is 22.2 Å². The van der Waals surface area contributed by atoms with Gasteiger partial charge in [0.25, 0.3) is 0 Å². The highest BCUT2D eigenvalue weighted by molar-refractivity contribution is 5.87. The minimum Gasteiger partial charge on any atom is -0.478 e. The maximum absolute atomic E-state index is 10.2. The largest absolute Gasteiger partial charge is 0.478 e. The van der Waals surface area contributed by atoms with E-state index in [-0.39, 0.29) is 0 Å². The maximum atomic E-state index is 10.2. The van der Waals surface area contributed by atoms with Gasteiger partial charge in [0.1, 0.15) is 0 Å². The van der Waals surface area contributed by atoms with Crippen LogP contribution >= 0.6 is 0 Å². The van der Waals surface area contributed by atoms with E-state index in [9.17, 15) is 9.59 Å². The third kappa shape index (κ3) is 5.59. The Morgan fingerprint density at radius 1 is 1.12 bits per heavy atom. The van der Waals surface area contributed by atoms with Gasteiger partial charge in [0, 0.05) is 5.57 Å². The fourth-order valence-corrected chi connectivity index (χ4v) is 0.704. The fraction of sp³-hybridized carbons (Fsp3) is 0.167. The number of hydrogen-bond donors (Lipinski definition) is 2. The van der Waals surface area contributed by atoms with Gasteiger partial charge in [-0.1, -0.05) is 24.3 Å². The zero-order valence-corrected chi connectivity index (χ0v) is 9.18. The monoisotopic (exact) mass is 222 g/mol. The molecule has 0 aliphatic carbocycles. The lowest BCUT2D eigenvalue weighted by molar-refractivity contribution is -0.132. The fourth-order valence-electron chi connectivity index (χ4n) is 0.704. The second kappa shape index (κ2) is 7.23. The van der Waals surface area contributed by atoms with Crippen molar-refractivity contribution in [2.75, 3.05) is 0 Å². The molecule has 1 rings (SSSR count).